The first-order chi connectivity index (χ1) is 10.1. The second kappa shape index (κ2) is 5.34. The summed E-state index contributed by atoms with van der Waals surface area (Å²) in [5.41, 5.74) is 1.33. The van der Waals surface area contributed by atoms with Crippen molar-refractivity contribution in [1.82, 2.24) is 14.7 Å². The lowest BCUT2D eigenvalue weighted by atomic mass is 10.2. The number of imidazole rings is 1. The fourth-order valence-corrected chi connectivity index (χ4v) is 3.14. The highest BCUT2D eigenvalue weighted by atomic mass is 32.1. The van der Waals surface area contributed by atoms with Crippen molar-refractivity contribution in [2.24, 2.45) is 0 Å². The summed E-state index contributed by atoms with van der Waals surface area (Å²) in [6.07, 6.45) is 1.83. The molecule has 2 heterocycles. The van der Waals surface area contributed by atoms with Gasteiger partial charge in [0.05, 0.1) is 11.3 Å². The maximum atomic E-state index is 13.6. The maximum absolute atomic E-state index is 13.6. The predicted molar refractivity (Wildman–Crippen MR) is 83.4 cm³/mol. The lowest BCUT2D eigenvalue weighted by molar-refractivity contribution is 0.0974. The minimum Gasteiger partial charge on any atom is -0.311 e. The smallest absolute Gasteiger partial charge is 0.259 e. The molecular formula is C14H10FN3OS2. The molecule has 21 heavy (non-hydrogen) atoms. The molecule has 3 aromatic rings. The van der Waals surface area contributed by atoms with Crippen molar-refractivity contribution in [2.75, 3.05) is 0 Å². The lowest BCUT2D eigenvalue weighted by Gasteiger charge is -2.07. The number of nitrogens with zero attached hydrogens (tertiary/aromatic N) is 2. The number of amides is 1. The van der Waals surface area contributed by atoms with Crippen molar-refractivity contribution in [1.29, 1.82) is 0 Å². The summed E-state index contributed by atoms with van der Waals surface area (Å²) in [5.74, 6) is -1.15. The number of carbonyl (C=O) groups excluding carboxylic acids is 1. The summed E-state index contributed by atoms with van der Waals surface area (Å²) in [5, 5.41) is 4.44. The van der Waals surface area contributed by atoms with E-state index in [0.717, 1.165) is 10.7 Å². The topological polar surface area (TPSA) is 46.4 Å². The highest BCUT2D eigenvalue weighted by molar-refractivity contribution is 7.80. The van der Waals surface area contributed by atoms with Crippen LogP contribution in [0.1, 0.15) is 21.7 Å². The normalized spacial score (nSPS) is 10.8. The van der Waals surface area contributed by atoms with Gasteiger partial charge in [0.1, 0.15) is 16.5 Å². The molecule has 0 aliphatic heterocycles. The van der Waals surface area contributed by atoms with E-state index in [-0.39, 0.29) is 10.6 Å². The number of rotatable bonds is 2. The number of carbonyl (C=O) groups is 1. The summed E-state index contributed by atoms with van der Waals surface area (Å²) >= 11 is 6.74. The Morgan fingerprint density at radius 3 is 2.95 bits per heavy atom. The van der Waals surface area contributed by atoms with Crippen LogP contribution >= 0.6 is 23.6 Å². The van der Waals surface area contributed by atoms with E-state index in [1.54, 1.807) is 6.07 Å². The van der Waals surface area contributed by atoms with Gasteiger partial charge in [-0.05, 0) is 19.1 Å². The van der Waals surface area contributed by atoms with E-state index in [1.165, 1.54) is 29.5 Å². The van der Waals surface area contributed by atoms with E-state index in [0.29, 0.717) is 5.69 Å². The Bertz CT molecular complexity index is 853. The molecule has 1 N–H and O–H groups in total. The van der Waals surface area contributed by atoms with Crippen molar-refractivity contribution in [3.63, 3.8) is 0 Å². The molecule has 0 unspecified atom stereocenters. The molecule has 106 valence electrons. The molecule has 7 heteroatoms. The number of thiocarbonyl (C=S) groups is 1. The molecule has 3 rings (SSSR count). The lowest BCUT2D eigenvalue weighted by Crippen LogP contribution is -2.31. The number of benzene rings is 1. The van der Waals surface area contributed by atoms with Gasteiger partial charge in [0.25, 0.3) is 5.91 Å². The van der Waals surface area contributed by atoms with Crippen LogP contribution in [0.4, 0.5) is 4.39 Å². The molecule has 0 aliphatic carbocycles. The largest absolute Gasteiger partial charge is 0.311 e. The van der Waals surface area contributed by atoms with Gasteiger partial charge in [-0.1, -0.05) is 24.4 Å². The molecule has 2 aromatic heterocycles. The third-order valence-electron chi connectivity index (χ3n) is 3.00. The van der Waals surface area contributed by atoms with Crippen molar-refractivity contribution < 1.29 is 9.18 Å². The van der Waals surface area contributed by atoms with Crippen LogP contribution in [0.5, 0.6) is 0 Å². The van der Waals surface area contributed by atoms with Gasteiger partial charge in [-0.15, -0.1) is 11.3 Å². The SMILES string of the molecule is Cc1nc2sccn2c1C(=S)NC(=O)c1ccccc1F. The van der Waals surface area contributed by atoms with Crippen LogP contribution in [0.2, 0.25) is 0 Å². The van der Waals surface area contributed by atoms with Crippen LogP contribution < -0.4 is 5.32 Å². The molecule has 0 atom stereocenters. The van der Waals surface area contributed by atoms with E-state index < -0.39 is 11.7 Å². The Balaban J connectivity index is 1.90. The van der Waals surface area contributed by atoms with Crippen LogP contribution in [0.15, 0.2) is 35.8 Å². The first-order valence-corrected chi connectivity index (χ1v) is 7.39. The van der Waals surface area contributed by atoms with Crippen molar-refractivity contribution in [3.05, 3.63) is 58.6 Å². The van der Waals surface area contributed by atoms with Gasteiger partial charge in [-0.25, -0.2) is 9.37 Å². The molecule has 0 aliphatic rings. The second-order valence-electron chi connectivity index (χ2n) is 4.36. The molecule has 0 radical (unpaired) electrons. The highest BCUT2D eigenvalue weighted by Gasteiger charge is 2.18. The van der Waals surface area contributed by atoms with Gasteiger partial charge in [-0.2, -0.15) is 0 Å². The molecule has 4 nitrogen and oxygen atoms in total. The van der Waals surface area contributed by atoms with E-state index >= 15 is 0 Å². The second-order valence-corrected chi connectivity index (χ2v) is 5.65. The fraction of sp³-hybridized carbons (Fsp3) is 0.0714. The van der Waals surface area contributed by atoms with Crippen LogP contribution in [-0.4, -0.2) is 20.3 Å². The fourth-order valence-electron chi connectivity index (χ4n) is 2.04. The number of hydrogen-bond donors (Lipinski definition) is 1. The molecule has 0 fully saturated rings. The molecule has 0 saturated carbocycles. The predicted octanol–water partition coefficient (Wildman–Crippen LogP) is 2.95. The average molecular weight is 319 g/mol. The van der Waals surface area contributed by atoms with E-state index in [2.05, 4.69) is 10.3 Å². The van der Waals surface area contributed by atoms with E-state index in [9.17, 15) is 9.18 Å². The highest BCUT2D eigenvalue weighted by Crippen LogP contribution is 2.17. The number of nitrogens with one attached hydrogen (secondary N) is 1. The van der Waals surface area contributed by atoms with Gasteiger partial charge in [-0.3, -0.25) is 9.20 Å². The molecular weight excluding hydrogens is 309 g/mol. The third-order valence-corrected chi connectivity index (χ3v) is 4.05. The monoisotopic (exact) mass is 319 g/mol. The third kappa shape index (κ3) is 2.45. The quantitative estimate of drug-likeness (QED) is 0.739. The number of thiazole rings is 1. The number of halogens is 1. The van der Waals surface area contributed by atoms with Gasteiger partial charge in [0.2, 0.25) is 0 Å². The summed E-state index contributed by atoms with van der Waals surface area (Å²) in [6, 6.07) is 5.78. The van der Waals surface area contributed by atoms with Crippen LogP contribution in [0.3, 0.4) is 0 Å². The molecule has 1 amide bonds. The zero-order valence-corrected chi connectivity index (χ0v) is 12.6. The van der Waals surface area contributed by atoms with Crippen molar-refractivity contribution in [3.8, 4) is 0 Å². The van der Waals surface area contributed by atoms with Crippen LogP contribution in [0, 0.1) is 12.7 Å². The first kappa shape index (κ1) is 13.8. The Labute approximate surface area is 129 Å². The van der Waals surface area contributed by atoms with E-state index in [4.69, 9.17) is 12.2 Å². The van der Waals surface area contributed by atoms with Gasteiger partial charge >= 0.3 is 0 Å². The summed E-state index contributed by atoms with van der Waals surface area (Å²) in [4.78, 5) is 17.5. The summed E-state index contributed by atoms with van der Waals surface area (Å²) in [7, 11) is 0. The average Bonchev–Trinajstić information content (AvgIpc) is 2.98. The summed E-state index contributed by atoms with van der Waals surface area (Å²) < 4.78 is 15.4. The maximum Gasteiger partial charge on any atom is 0.259 e. The number of aryl methyl sites for hydroxylation is 1. The standard InChI is InChI=1S/C14H10FN3OS2/c1-8-11(18-6-7-21-14(18)16-8)13(20)17-12(19)9-4-2-3-5-10(9)15/h2-7H,1H3,(H,17,19,20). The summed E-state index contributed by atoms with van der Waals surface area (Å²) in [6.45, 7) is 1.82. The van der Waals surface area contributed by atoms with Gasteiger partial charge < -0.3 is 5.32 Å². The van der Waals surface area contributed by atoms with Crippen LogP contribution in [-0.2, 0) is 0 Å². The number of aromatic nitrogens is 2. The molecule has 1 aromatic carbocycles. The van der Waals surface area contributed by atoms with Gasteiger partial charge in [0.15, 0.2) is 4.96 Å². The minimum absolute atomic E-state index is 0.0384. The van der Waals surface area contributed by atoms with Crippen molar-refractivity contribution >= 4 is 39.4 Å². The van der Waals surface area contributed by atoms with E-state index in [1.807, 2.05) is 22.9 Å². The molecule has 0 saturated heterocycles. The number of hydrogen-bond acceptors (Lipinski definition) is 4. The zero-order valence-electron chi connectivity index (χ0n) is 11.0. The minimum atomic E-state index is -0.580. The van der Waals surface area contributed by atoms with Crippen LogP contribution in [0.25, 0.3) is 4.96 Å². The Morgan fingerprint density at radius 1 is 1.43 bits per heavy atom. The molecule has 0 bridgehead atoms. The van der Waals surface area contributed by atoms with Crippen molar-refractivity contribution in [2.45, 2.75) is 6.92 Å². The number of fused-ring (bicyclic) bond motifs is 1. The van der Waals surface area contributed by atoms with Gasteiger partial charge in [0, 0.05) is 11.6 Å². The molecule has 0 spiro atoms. The zero-order chi connectivity index (χ0) is 15.0. The Hall–Kier alpha value is -2.12. The Kier molecular flexibility index (Phi) is 3.52. The Morgan fingerprint density at radius 2 is 2.19 bits per heavy atom. The first-order valence-electron chi connectivity index (χ1n) is 6.10.